The van der Waals surface area contributed by atoms with Gasteiger partial charge in [-0.05, 0) is 55.2 Å². The number of carbonyl (C=O) groups excluding carboxylic acids is 2. The Bertz CT molecular complexity index is 1320. The number of piperidine rings is 1. The summed E-state index contributed by atoms with van der Waals surface area (Å²) in [6.45, 7) is 3.67. The van der Waals surface area contributed by atoms with E-state index in [9.17, 15) is 9.59 Å². The van der Waals surface area contributed by atoms with Gasteiger partial charge in [0, 0.05) is 41.3 Å². The monoisotopic (exact) mass is 493 g/mol. The largest absolute Gasteiger partial charge is 0.451 e. The maximum Gasteiger partial charge on any atom is 0.289 e. The maximum atomic E-state index is 12.9. The van der Waals surface area contributed by atoms with Gasteiger partial charge >= 0.3 is 0 Å². The van der Waals surface area contributed by atoms with Crippen molar-refractivity contribution in [3.05, 3.63) is 86.5 Å². The highest BCUT2D eigenvalue weighted by Crippen LogP contribution is 2.31. The molecule has 2 amide bonds. The third-order valence-electron chi connectivity index (χ3n) is 6.27. The highest BCUT2D eigenvalue weighted by Gasteiger charge is 2.28. The van der Waals surface area contributed by atoms with E-state index in [0.717, 1.165) is 39.9 Å². The fraction of sp³-hybridized carbons (Fsp3) is 0.269. The molecule has 0 saturated carbocycles. The first kappa shape index (κ1) is 22.6. The Labute approximate surface area is 206 Å². The minimum atomic E-state index is -0.186. The fourth-order valence-corrected chi connectivity index (χ4v) is 5.47. The number of halogens is 1. The zero-order valence-corrected chi connectivity index (χ0v) is 20.3. The van der Waals surface area contributed by atoms with Gasteiger partial charge in [0.2, 0.25) is 0 Å². The summed E-state index contributed by atoms with van der Waals surface area (Å²) in [4.78, 5) is 31.9. The minimum Gasteiger partial charge on any atom is -0.451 e. The van der Waals surface area contributed by atoms with Crippen LogP contribution in [-0.4, -0.2) is 34.8 Å². The molecule has 34 heavy (non-hydrogen) atoms. The summed E-state index contributed by atoms with van der Waals surface area (Å²) in [7, 11) is 0. The number of aryl methyl sites for hydroxylation is 1. The van der Waals surface area contributed by atoms with Crippen LogP contribution < -0.4 is 5.32 Å². The molecule has 174 valence electrons. The zero-order valence-electron chi connectivity index (χ0n) is 18.7. The molecule has 3 heterocycles. The lowest BCUT2D eigenvalue weighted by atomic mass is 9.97. The summed E-state index contributed by atoms with van der Waals surface area (Å²) < 4.78 is 5.74. The third kappa shape index (κ3) is 4.72. The second kappa shape index (κ2) is 9.60. The van der Waals surface area contributed by atoms with Crippen molar-refractivity contribution in [2.45, 2.75) is 32.2 Å². The molecule has 1 N–H and O–H groups in total. The summed E-state index contributed by atoms with van der Waals surface area (Å²) in [5.74, 6) is 0.356. The number of thiazole rings is 1. The highest BCUT2D eigenvalue weighted by atomic mass is 35.5. The molecule has 0 aliphatic carbocycles. The highest BCUT2D eigenvalue weighted by molar-refractivity contribution is 7.09. The SMILES string of the molecule is Cc1cc(Cl)ccc1CNC(=O)c1csc(C2CCN(C(=O)c3cc4ccccc4o3)CC2)n1. The van der Waals surface area contributed by atoms with E-state index >= 15 is 0 Å². The first-order chi connectivity index (χ1) is 16.5. The van der Waals surface area contributed by atoms with Crippen LogP contribution in [0, 0.1) is 6.92 Å². The van der Waals surface area contributed by atoms with Gasteiger partial charge in [-0.2, -0.15) is 0 Å². The number of fused-ring (bicyclic) bond motifs is 1. The molecule has 4 aromatic rings. The molecule has 2 aromatic carbocycles. The molecule has 1 saturated heterocycles. The van der Waals surface area contributed by atoms with Crippen LogP contribution in [0.15, 0.2) is 58.3 Å². The van der Waals surface area contributed by atoms with Gasteiger partial charge in [-0.25, -0.2) is 4.98 Å². The zero-order chi connectivity index (χ0) is 23.7. The van der Waals surface area contributed by atoms with Crippen LogP contribution in [0.2, 0.25) is 5.02 Å². The number of benzene rings is 2. The number of furan rings is 1. The lowest BCUT2D eigenvalue weighted by Gasteiger charge is -2.30. The number of nitrogens with one attached hydrogen (secondary N) is 1. The van der Waals surface area contributed by atoms with E-state index < -0.39 is 0 Å². The van der Waals surface area contributed by atoms with Crippen LogP contribution in [0.4, 0.5) is 0 Å². The molecule has 0 spiro atoms. The molecule has 6 nitrogen and oxygen atoms in total. The standard InChI is InChI=1S/C26H24ClN3O3S/c1-16-12-20(27)7-6-19(16)14-28-24(31)21-15-34-25(29-21)17-8-10-30(11-9-17)26(32)23-13-18-4-2-3-5-22(18)33-23/h2-7,12-13,15,17H,8-11,14H2,1H3,(H,28,31). The summed E-state index contributed by atoms with van der Waals surface area (Å²) >= 11 is 7.51. The van der Waals surface area contributed by atoms with E-state index in [4.69, 9.17) is 16.0 Å². The summed E-state index contributed by atoms with van der Waals surface area (Å²) in [6, 6.07) is 15.1. The first-order valence-electron chi connectivity index (χ1n) is 11.2. The lowest BCUT2D eigenvalue weighted by molar-refractivity contribution is 0.0683. The van der Waals surface area contributed by atoms with Crippen LogP contribution in [0.3, 0.4) is 0 Å². The first-order valence-corrected chi connectivity index (χ1v) is 12.5. The Morgan fingerprint density at radius 1 is 1.18 bits per heavy atom. The van der Waals surface area contributed by atoms with E-state index in [1.807, 2.05) is 59.7 Å². The van der Waals surface area contributed by atoms with Crippen LogP contribution in [-0.2, 0) is 6.54 Å². The number of amides is 2. The van der Waals surface area contributed by atoms with Gasteiger partial charge in [-0.1, -0.05) is 35.9 Å². The number of hydrogen-bond donors (Lipinski definition) is 1. The van der Waals surface area contributed by atoms with Gasteiger partial charge in [0.15, 0.2) is 5.76 Å². The van der Waals surface area contributed by atoms with Crippen LogP contribution in [0.1, 0.15) is 55.9 Å². The molecule has 0 radical (unpaired) electrons. The Kier molecular flexibility index (Phi) is 6.39. The summed E-state index contributed by atoms with van der Waals surface area (Å²) in [5.41, 5.74) is 3.22. The fourth-order valence-electron chi connectivity index (χ4n) is 4.28. The van der Waals surface area contributed by atoms with Gasteiger partial charge in [0.1, 0.15) is 11.3 Å². The van der Waals surface area contributed by atoms with E-state index in [1.54, 1.807) is 6.07 Å². The summed E-state index contributed by atoms with van der Waals surface area (Å²) in [5, 5.41) is 7.31. The van der Waals surface area contributed by atoms with Gasteiger partial charge in [0.25, 0.3) is 11.8 Å². The predicted molar refractivity (Wildman–Crippen MR) is 134 cm³/mol. The Morgan fingerprint density at radius 3 is 2.74 bits per heavy atom. The number of hydrogen-bond acceptors (Lipinski definition) is 5. The maximum absolute atomic E-state index is 12.9. The Balaban J connectivity index is 1.17. The normalized spacial score (nSPS) is 14.5. The third-order valence-corrected chi connectivity index (χ3v) is 7.51. The molecule has 8 heteroatoms. The molecular formula is C26H24ClN3O3S. The van der Waals surface area contributed by atoms with Crippen molar-refractivity contribution < 1.29 is 14.0 Å². The van der Waals surface area contributed by atoms with E-state index in [2.05, 4.69) is 10.3 Å². The topological polar surface area (TPSA) is 75.4 Å². The van der Waals surface area contributed by atoms with Crippen molar-refractivity contribution in [1.82, 2.24) is 15.2 Å². The lowest BCUT2D eigenvalue weighted by Crippen LogP contribution is -2.37. The van der Waals surface area contributed by atoms with Gasteiger partial charge in [-0.15, -0.1) is 11.3 Å². The second-order valence-corrected chi connectivity index (χ2v) is 9.87. The van der Waals surface area contributed by atoms with Crippen LogP contribution in [0.25, 0.3) is 11.0 Å². The van der Waals surface area contributed by atoms with Crippen molar-refractivity contribution in [3.63, 3.8) is 0 Å². The average Bonchev–Trinajstić information content (AvgIpc) is 3.51. The van der Waals surface area contributed by atoms with Crippen molar-refractivity contribution in [2.75, 3.05) is 13.1 Å². The predicted octanol–water partition coefficient (Wildman–Crippen LogP) is 5.80. The Morgan fingerprint density at radius 2 is 1.97 bits per heavy atom. The number of nitrogens with zero attached hydrogens (tertiary/aromatic N) is 2. The second-order valence-electron chi connectivity index (χ2n) is 8.54. The molecule has 5 rings (SSSR count). The van der Waals surface area contributed by atoms with Gasteiger partial charge in [-0.3, -0.25) is 9.59 Å². The molecular weight excluding hydrogens is 470 g/mol. The van der Waals surface area contributed by atoms with E-state index in [-0.39, 0.29) is 17.7 Å². The smallest absolute Gasteiger partial charge is 0.289 e. The van der Waals surface area contributed by atoms with Gasteiger partial charge < -0.3 is 14.6 Å². The van der Waals surface area contributed by atoms with Gasteiger partial charge in [0.05, 0.1) is 5.01 Å². The number of aromatic nitrogens is 1. The molecule has 0 bridgehead atoms. The Hall–Kier alpha value is -3.16. The molecule has 0 atom stereocenters. The minimum absolute atomic E-state index is 0.0775. The van der Waals surface area contributed by atoms with Crippen molar-refractivity contribution in [3.8, 4) is 0 Å². The molecule has 1 fully saturated rings. The quantitative estimate of drug-likeness (QED) is 0.381. The molecule has 1 aliphatic heterocycles. The van der Waals surface area contributed by atoms with Crippen LogP contribution >= 0.6 is 22.9 Å². The number of carbonyl (C=O) groups is 2. The number of likely N-dealkylation sites (tertiary alicyclic amines) is 1. The molecule has 1 aliphatic rings. The van der Waals surface area contributed by atoms with Crippen molar-refractivity contribution in [1.29, 1.82) is 0 Å². The van der Waals surface area contributed by atoms with E-state index in [0.29, 0.717) is 36.1 Å². The van der Waals surface area contributed by atoms with E-state index in [1.165, 1.54) is 11.3 Å². The number of rotatable bonds is 5. The van der Waals surface area contributed by atoms with Crippen molar-refractivity contribution >= 4 is 45.7 Å². The number of para-hydroxylation sites is 1. The molecule has 2 aromatic heterocycles. The van der Waals surface area contributed by atoms with Crippen molar-refractivity contribution in [2.24, 2.45) is 0 Å². The average molecular weight is 494 g/mol. The summed E-state index contributed by atoms with van der Waals surface area (Å²) in [6.07, 6.45) is 1.62. The van der Waals surface area contributed by atoms with Crippen LogP contribution in [0.5, 0.6) is 0 Å². The molecule has 0 unspecified atom stereocenters.